The molecule has 0 aliphatic rings. The molecule has 122 valence electrons. The predicted molar refractivity (Wildman–Crippen MR) is 122 cm³/mol. The molecule has 0 aliphatic heterocycles. The van der Waals surface area contributed by atoms with Gasteiger partial charge >= 0.3 is 167 Å². The van der Waals surface area contributed by atoms with E-state index in [2.05, 4.69) is 60.7 Å². The predicted octanol–water partition coefficient (Wildman–Crippen LogP) is 7.85. The molecule has 4 heterocycles. The van der Waals surface area contributed by atoms with E-state index in [4.69, 9.17) is 0 Å². The van der Waals surface area contributed by atoms with Gasteiger partial charge in [-0.3, -0.25) is 0 Å². The summed E-state index contributed by atoms with van der Waals surface area (Å²) in [6, 6.07) is 22.7. The van der Waals surface area contributed by atoms with Crippen molar-refractivity contribution >= 4 is 107 Å². The molecule has 0 aliphatic carbocycles. The summed E-state index contributed by atoms with van der Waals surface area (Å²) in [6.07, 6.45) is 0. The second kappa shape index (κ2) is 4.98. The molecular weight excluding hydrogens is 439 g/mol. The van der Waals surface area contributed by atoms with Crippen molar-refractivity contribution in [3.05, 3.63) is 60.7 Å². The van der Waals surface area contributed by atoms with Gasteiger partial charge in [0.15, 0.2) is 0 Å². The van der Waals surface area contributed by atoms with Crippen LogP contribution in [0.4, 0.5) is 0 Å². The fourth-order valence-corrected chi connectivity index (χ4v) is 10.9. The molecule has 0 unspecified atom stereocenters. The molecular formula is C22H10S3Se. The SMILES string of the molecule is c1ccc2c(c1)sc1c3cc4[se]c5c6ccccc6sc5c4cc3sc21. The summed E-state index contributed by atoms with van der Waals surface area (Å²) in [5, 5.41) is 5.85. The summed E-state index contributed by atoms with van der Waals surface area (Å²) in [6.45, 7) is 0. The van der Waals surface area contributed by atoms with Crippen LogP contribution in [-0.2, 0) is 0 Å². The molecule has 3 aromatic carbocycles. The summed E-state index contributed by atoms with van der Waals surface area (Å²) in [5.41, 5.74) is 0. The zero-order valence-corrected chi connectivity index (χ0v) is 17.6. The third-order valence-corrected chi connectivity index (χ3v) is 11.6. The summed E-state index contributed by atoms with van der Waals surface area (Å²) in [5.74, 6) is 0. The van der Waals surface area contributed by atoms with Crippen LogP contribution in [0.2, 0.25) is 0 Å². The van der Waals surface area contributed by atoms with Gasteiger partial charge in [-0.1, -0.05) is 0 Å². The van der Waals surface area contributed by atoms with Gasteiger partial charge in [0, 0.05) is 0 Å². The van der Waals surface area contributed by atoms with Gasteiger partial charge < -0.3 is 0 Å². The Morgan fingerprint density at radius 1 is 0.538 bits per heavy atom. The third-order valence-electron chi connectivity index (χ3n) is 5.09. The van der Waals surface area contributed by atoms with Gasteiger partial charge in [-0.2, -0.15) is 0 Å². The molecule has 0 amide bonds. The van der Waals surface area contributed by atoms with Crippen LogP contribution < -0.4 is 0 Å². The van der Waals surface area contributed by atoms with E-state index in [1.165, 1.54) is 49.7 Å². The second-order valence-electron chi connectivity index (χ2n) is 6.56. The fraction of sp³-hybridized carbons (Fsp3) is 0. The fourth-order valence-electron chi connectivity index (χ4n) is 3.90. The van der Waals surface area contributed by atoms with Gasteiger partial charge in [0.05, 0.1) is 0 Å². The average Bonchev–Trinajstić information content (AvgIpc) is 3.38. The zero-order valence-electron chi connectivity index (χ0n) is 13.4. The van der Waals surface area contributed by atoms with E-state index in [1.54, 1.807) is 8.52 Å². The molecule has 0 nitrogen and oxygen atoms in total. The van der Waals surface area contributed by atoms with Crippen LogP contribution in [-0.4, -0.2) is 14.5 Å². The van der Waals surface area contributed by atoms with Crippen molar-refractivity contribution in [3.63, 3.8) is 0 Å². The first-order valence-electron chi connectivity index (χ1n) is 8.44. The molecule has 0 saturated carbocycles. The number of rotatable bonds is 0. The monoisotopic (exact) mass is 450 g/mol. The first-order chi connectivity index (χ1) is 12.9. The number of thiophene rings is 3. The molecule has 26 heavy (non-hydrogen) atoms. The van der Waals surface area contributed by atoms with Crippen LogP contribution >= 0.6 is 34.0 Å². The Balaban J connectivity index is 1.67. The van der Waals surface area contributed by atoms with Gasteiger partial charge in [-0.15, -0.1) is 0 Å². The molecule has 0 bridgehead atoms. The second-order valence-corrected chi connectivity index (χ2v) is 11.9. The van der Waals surface area contributed by atoms with Crippen molar-refractivity contribution in [1.29, 1.82) is 0 Å². The molecule has 7 rings (SSSR count). The van der Waals surface area contributed by atoms with Crippen molar-refractivity contribution in [2.24, 2.45) is 0 Å². The van der Waals surface area contributed by atoms with Crippen LogP contribution in [0.1, 0.15) is 0 Å². The molecule has 7 aromatic rings. The zero-order chi connectivity index (χ0) is 16.8. The van der Waals surface area contributed by atoms with E-state index in [0.717, 1.165) is 0 Å². The minimum atomic E-state index is 0.420. The van der Waals surface area contributed by atoms with Crippen molar-refractivity contribution in [3.8, 4) is 0 Å². The molecule has 0 saturated heterocycles. The molecule has 0 N–H and O–H groups in total. The van der Waals surface area contributed by atoms with Crippen molar-refractivity contribution < 1.29 is 0 Å². The number of hydrogen-bond donors (Lipinski definition) is 0. The number of benzene rings is 3. The molecule has 4 heteroatoms. The first-order valence-corrected chi connectivity index (χ1v) is 12.6. The molecule has 0 atom stereocenters. The van der Waals surface area contributed by atoms with Crippen molar-refractivity contribution in [1.82, 2.24) is 0 Å². The topological polar surface area (TPSA) is 0 Å². The van der Waals surface area contributed by atoms with Crippen LogP contribution in [0.5, 0.6) is 0 Å². The van der Waals surface area contributed by atoms with Gasteiger partial charge in [0.25, 0.3) is 0 Å². The summed E-state index contributed by atoms with van der Waals surface area (Å²) in [4.78, 5) is 0. The first kappa shape index (κ1) is 14.4. The Bertz CT molecular complexity index is 1510. The van der Waals surface area contributed by atoms with Crippen LogP contribution in [0.25, 0.3) is 58.3 Å². The standard InChI is InChI=1S/C22H10S3Se/c1-3-7-15-11(5-1)19-20(23-15)13-10-18-14(9-17(13)25-19)21-22(26-18)12-6-2-4-8-16(12)24-21/h1-10H. The summed E-state index contributed by atoms with van der Waals surface area (Å²) >= 11 is 6.31. The molecule has 0 radical (unpaired) electrons. The van der Waals surface area contributed by atoms with E-state index in [0.29, 0.717) is 14.5 Å². The molecule has 0 fully saturated rings. The van der Waals surface area contributed by atoms with E-state index in [1.807, 2.05) is 34.0 Å². The van der Waals surface area contributed by atoms with Crippen molar-refractivity contribution in [2.45, 2.75) is 0 Å². The summed E-state index contributed by atoms with van der Waals surface area (Å²) < 4.78 is 11.9. The van der Waals surface area contributed by atoms with E-state index >= 15 is 0 Å². The average molecular weight is 449 g/mol. The number of hydrogen-bond acceptors (Lipinski definition) is 3. The number of fused-ring (bicyclic) bond motifs is 10. The van der Waals surface area contributed by atoms with Crippen LogP contribution in [0, 0.1) is 0 Å². The Morgan fingerprint density at radius 2 is 1.19 bits per heavy atom. The Morgan fingerprint density at radius 3 is 2.08 bits per heavy atom. The van der Waals surface area contributed by atoms with Gasteiger partial charge in [0.1, 0.15) is 0 Å². The maximum absolute atomic E-state index is 2.50. The van der Waals surface area contributed by atoms with Gasteiger partial charge in [-0.05, 0) is 0 Å². The van der Waals surface area contributed by atoms with Crippen LogP contribution in [0.3, 0.4) is 0 Å². The van der Waals surface area contributed by atoms with E-state index < -0.39 is 0 Å². The third kappa shape index (κ3) is 1.74. The Kier molecular flexibility index (Phi) is 2.75. The summed E-state index contributed by atoms with van der Waals surface area (Å²) in [7, 11) is 0. The Hall–Kier alpha value is -1.68. The Labute approximate surface area is 166 Å². The molecule has 4 aromatic heterocycles. The normalized spacial score (nSPS) is 12.6. The van der Waals surface area contributed by atoms with Gasteiger partial charge in [0.2, 0.25) is 0 Å². The maximum atomic E-state index is 2.50. The molecule has 0 spiro atoms. The van der Waals surface area contributed by atoms with Crippen LogP contribution in [0.15, 0.2) is 60.7 Å². The van der Waals surface area contributed by atoms with Crippen molar-refractivity contribution in [2.75, 3.05) is 0 Å². The minimum absolute atomic E-state index is 0.420. The van der Waals surface area contributed by atoms with Gasteiger partial charge in [-0.25, -0.2) is 0 Å². The quantitative estimate of drug-likeness (QED) is 0.207. The van der Waals surface area contributed by atoms with E-state index in [-0.39, 0.29) is 0 Å². The van der Waals surface area contributed by atoms with E-state index in [9.17, 15) is 0 Å².